The maximum Gasteiger partial charge on any atom is 0.469 e. The van der Waals surface area contributed by atoms with Crippen LogP contribution in [-0.4, -0.2) is 57.9 Å². The van der Waals surface area contributed by atoms with Gasteiger partial charge in [-0.25, -0.2) is 24.1 Å². The van der Waals surface area contributed by atoms with Gasteiger partial charge in [-0.1, -0.05) is 42.5 Å². The van der Waals surface area contributed by atoms with E-state index < -0.39 is 40.7 Å². The van der Waals surface area contributed by atoms with E-state index in [1.165, 1.54) is 10.9 Å². The minimum absolute atomic E-state index is 0.0867. The monoisotopic (exact) mass is 578 g/mol. The number of fused-ring (bicyclic) bond motifs is 1. The summed E-state index contributed by atoms with van der Waals surface area (Å²) in [6, 6.07) is 17.3. The van der Waals surface area contributed by atoms with Crippen molar-refractivity contribution in [3.63, 3.8) is 0 Å². The minimum Gasteiger partial charge on any atom is -0.382 e. The molecule has 1 saturated heterocycles. The first-order valence-electron chi connectivity index (χ1n) is 11.5. The number of anilines is 3. The molecule has 17 heteroatoms. The molecule has 2 aromatic carbocycles. The normalized spacial score (nSPS) is 19.9. The fraction of sp³-hybridized carbons (Fsp3) is 0.227. The lowest BCUT2D eigenvalue weighted by Crippen LogP contribution is -2.28. The van der Waals surface area contributed by atoms with Crippen LogP contribution in [0.15, 0.2) is 60.9 Å². The van der Waals surface area contributed by atoms with Gasteiger partial charge in [0.2, 0.25) is 5.95 Å². The van der Waals surface area contributed by atoms with Crippen molar-refractivity contribution in [2.75, 3.05) is 17.7 Å². The summed E-state index contributed by atoms with van der Waals surface area (Å²) in [6.07, 6.45) is -2.43. The van der Waals surface area contributed by atoms with Crippen LogP contribution in [0.25, 0.3) is 22.3 Å². The van der Waals surface area contributed by atoms with Crippen LogP contribution in [0.1, 0.15) is 12.6 Å². The third-order valence-electron chi connectivity index (χ3n) is 5.90. The third kappa shape index (κ3) is 6.50. The Morgan fingerprint density at radius 2 is 1.69 bits per heavy atom. The molecule has 0 bridgehead atoms. The second-order valence-electron chi connectivity index (χ2n) is 8.59. The molecule has 0 saturated carbocycles. The summed E-state index contributed by atoms with van der Waals surface area (Å²) in [5.74, 6) is 0.310. The van der Waals surface area contributed by atoms with Crippen molar-refractivity contribution in [1.82, 2.24) is 19.5 Å². The largest absolute Gasteiger partial charge is 0.469 e. The molecule has 1 fully saturated rings. The highest BCUT2D eigenvalue weighted by Gasteiger charge is 2.43. The molecule has 1 aliphatic rings. The van der Waals surface area contributed by atoms with Gasteiger partial charge in [0, 0.05) is 12.1 Å². The first kappa shape index (κ1) is 27.3. The molecule has 0 amide bonds. The predicted molar refractivity (Wildman–Crippen MR) is 138 cm³/mol. The number of phosphoric acid groups is 2. The van der Waals surface area contributed by atoms with E-state index in [2.05, 4.69) is 24.8 Å². The Balaban J connectivity index is 1.48. The lowest BCUT2D eigenvalue weighted by molar-refractivity contribution is -0.0411. The number of phosphoric ester groups is 2. The first-order chi connectivity index (χ1) is 18.5. The first-order valence-corrected chi connectivity index (χ1v) is 14.5. The smallest absolute Gasteiger partial charge is 0.382 e. The molecule has 0 spiro atoms. The van der Waals surface area contributed by atoms with Crippen LogP contribution >= 0.6 is 15.6 Å². The average molecular weight is 578 g/mol. The van der Waals surface area contributed by atoms with E-state index in [4.69, 9.17) is 24.8 Å². The molecule has 5 rings (SSSR count). The summed E-state index contributed by atoms with van der Waals surface area (Å²) in [6.45, 7) is -0.696. The average Bonchev–Trinajstić information content (AvgIpc) is 3.43. The SMILES string of the molecule is Nc1ncnc2c1nc(Nc1ccc(-c3ccccc3)cc1)n2[C@H]1C[C@H](OP(=O)(O)O)[C@@H](COP(=O)(O)O)O1. The second-order valence-corrected chi connectivity index (χ2v) is 11.0. The van der Waals surface area contributed by atoms with E-state index in [1.807, 2.05) is 54.6 Å². The summed E-state index contributed by atoms with van der Waals surface area (Å²) in [7, 11) is -9.89. The molecule has 0 radical (unpaired) electrons. The Morgan fingerprint density at radius 3 is 2.36 bits per heavy atom. The van der Waals surface area contributed by atoms with Crippen LogP contribution in [0.2, 0.25) is 0 Å². The maximum absolute atomic E-state index is 11.6. The van der Waals surface area contributed by atoms with Crippen molar-refractivity contribution < 1.29 is 42.5 Å². The van der Waals surface area contributed by atoms with E-state index >= 15 is 0 Å². The molecule has 3 atom stereocenters. The summed E-state index contributed by atoms with van der Waals surface area (Å²) >= 11 is 0. The number of nitrogens with zero attached hydrogens (tertiary/aromatic N) is 4. The van der Waals surface area contributed by atoms with E-state index in [-0.39, 0.29) is 29.4 Å². The topological polar surface area (TPSA) is 224 Å². The third-order valence-corrected chi connectivity index (χ3v) is 6.93. The number of ether oxygens (including phenoxy) is 1. The Kier molecular flexibility index (Phi) is 7.53. The van der Waals surface area contributed by atoms with Crippen molar-refractivity contribution in [1.29, 1.82) is 0 Å². The standard InChI is InChI=1S/C22H24N6O9P2/c23-20-19-21(25-12-24-20)28(18-10-16(37-39(32,33)34)17(36-18)11-35-38(29,30)31)22(27-19)26-15-8-6-14(7-9-15)13-4-2-1-3-5-13/h1-9,12,16-18H,10-11H2,(H,26,27)(H2,23,24,25)(H2,29,30,31)(H2,32,33,34)/t16-,17+,18+/m0/s1. The second kappa shape index (κ2) is 10.7. The maximum atomic E-state index is 11.6. The number of rotatable bonds is 9. The van der Waals surface area contributed by atoms with Gasteiger partial charge in [0.15, 0.2) is 17.0 Å². The van der Waals surface area contributed by atoms with Gasteiger partial charge in [0.05, 0.1) is 6.61 Å². The number of nitrogens with one attached hydrogen (secondary N) is 1. The van der Waals surface area contributed by atoms with Crippen LogP contribution in [0, 0.1) is 0 Å². The number of hydrogen-bond donors (Lipinski definition) is 6. The highest BCUT2D eigenvalue weighted by molar-refractivity contribution is 7.46. The van der Waals surface area contributed by atoms with Gasteiger partial charge >= 0.3 is 15.6 Å². The lowest BCUT2D eigenvalue weighted by atomic mass is 10.1. The summed E-state index contributed by atoms with van der Waals surface area (Å²) < 4.78 is 39.6. The molecule has 0 aliphatic carbocycles. The van der Waals surface area contributed by atoms with E-state index in [0.717, 1.165) is 11.1 Å². The number of benzene rings is 2. The van der Waals surface area contributed by atoms with Crippen LogP contribution in [-0.2, 0) is 22.9 Å². The van der Waals surface area contributed by atoms with Crippen molar-refractivity contribution in [2.24, 2.45) is 0 Å². The van der Waals surface area contributed by atoms with Gasteiger partial charge in [0.1, 0.15) is 24.8 Å². The zero-order valence-electron chi connectivity index (χ0n) is 20.0. The zero-order valence-corrected chi connectivity index (χ0v) is 21.8. The van der Waals surface area contributed by atoms with Crippen LogP contribution in [0.5, 0.6) is 0 Å². The zero-order chi connectivity index (χ0) is 27.8. The number of hydrogen-bond acceptors (Lipinski definition) is 10. The molecule has 39 heavy (non-hydrogen) atoms. The number of aromatic nitrogens is 4. The lowest BCUT2D eigenvalue weighted by Gasteiger charge is -2.19. The molecule has 2 aromatic heterocycles. The molecule has 206 valence electrons. The van der Waals surface area contributed by atoms with Gasteiger partial charge in [-0.3, -0.25) is 13.6 Å². The van der Waals surface area contributed by atoms with E-state index in [9.17, 15) is 18.9 Å². The summed E-state index contributed by atoms with van der Waals surface area (Å²) in [5.41, 5.74) is 9.20. The van der Waals surface area contributed by atoms with Crippen molar-refractivity contribution >= 4 is 44.3 Å². The fourth-order valence-electron chi connectivity index (χ4n) is 4.26. The summed E-state index contributed by atoms with van der Waals surface area (Å²) in [5, 5.41) is 3.18. The molecule has 15 nitrogen and oxygen atoms in total. The fourth-order valence-corrected chi connectivity index (χ4v) is 5.17. The number of nitrogens with two attached hydrogens (primary N) is 1. The van der Waals surface area contributed by atoms with Crippen molar-refractivity contribution in [3.05, 3.63) is 60.9 Å². The van der Waals surface area contributed by atoms with Gasteiger partial charge in [-0.2, -0.15) is 0 Å². The quantitative estimate of drug-likeness (QED) is 0.157. The van der Waals surface area contributed by atoms with Crippen LogP contribution < -0.4 is 11.1 Å². The highest BCUT2D eigenvalue weighted by atomic mass is 31.2. The molecule has 7 N–H and O–H groups in total. The Hall–Kier alpha value is -3.23. The van der Waals surface area contributed by atoms with Gasteiger partial charge in [-0.15, -0.1) is 0 Å². The molecular formula is C22H24N6O9P2. The van der Waals surface area contributed by atoms with Crippen molar-refractivity contribution in [3.8, 4) is 11.1 Å². The van der Waals surface area contributed by atoms with Gasteiger partial charge in [0.25, 0.3) is 0 Å². The van der Waals surface area contributed by atoms with E-state index in [1.54, 1.807) is 0 Å². The summed E-state index contributed by atoms with van der Waals surface area (Å²) in [4.78, 5) is 49.7. The van der Waals surface area contributed by atoms with Crippen molar-refractivity contribution in [2.45, 2.75) is 24.9 Å². The Morgan fingerprint density at radius 1 is 1.00 bits per heavy atom. The Bertz CT molecular complexity index is 1560. The molecule has 0 unspecified atom stereocenters. The minimum atomic E-state index is -4.99. The van der Waals surface area contributed by atoms with Gasteiger partial charge < -0.3 is 35.4 Å². The van der Waals surface area contributed by atoms with E-state index in [0.29, 0.717) is 5.69 Å². The van der Waals surface area contributed by atoms with Crippen LogP contribution in [0.3, 0.4) is 0 Å². The molecular weight excluding hydrogens is 554 g/mol. The number of nitrogen functional groups attached to an aromatic ring is 1. The predicted octanol–water partition coefficient (Wildman–Crippen LogP) is 2.69. The molecule has 1 aliphatic heterocycles. The van der Waals surface area contributed by atoms with Crippen LogP contribution in [0.4, 0.5) is 17.5 Å². The van der Waals surface area contributed by atoms with Gasteiger partial charge in [-0.05, 0) is 23.3 Å². The molecule has 3 heterocycles. The Labute approximate surface area is 221 Å². The number of imidazole rings is 1. The highest BCUT2D eigenvalue weighted by Crippen LogP contribution is 2.46. The molecule has 4 aromatic rings.